The second-order valence-corrected chi connectivity index (χ2v) is 15.1. The van der Waals surface area contributed by atoms with E-state index in [1.807, 2.05) is 38.1 Å². The number of benzene rings is 1. The van der Waals surface area contributed by atoms with Gasteiger partial charge in [0, 0.05) is 42.4 Å². The molecule has 1 aromatic carbocycles. The molecule has 12 heteroatoms. The monoisotopic (exact) mass is 669 g/mol. The summed E-state index contributed by atoms with van der Waals surface area (Å²) in [6.45, 7) is 22.1. The molecule has 1 saturated heterocycles. The molecule has 1 heterocycles. The Kier molecular flexibility index (Phi) is 16.4. The van der Waals surface area contributed by atoms with Crippen molar-refractivity contribution in [2.45, 2.75) is 80.3 Å². The molecule has 0 radical (unpaired) electrons. The zero-order valence-corrected chi connectivity index (χ0v) is 30.2. The van der Waals surface area contributed by atoms with Crippen LogP contribution >= 0.6 is 0 Å². The molecule has 1 aliphatic rings. The first-order valence-electron chi connectivity index (χ1n) is 16.2. The largest absolute Gasteiger partial charge is 0.493 e. The molecule has 1 N–H and O–H groups in total. The van der Waals surface area contributed by atoms with Gasteiger partial charge in [0.1, 0.15) is 25.1 Å². The van der Waals surface area contributed by atoms with E-state index in [4.69, 9.17) is 42.6 Å². The molecule has 0 bridgehead atoms. The van der Waals surface area contributed by atoms with Crippen molar-refractivity contribution < 1.29 is 52.2 Å². The van der Waals surface area contributed by atoms with Crippen molar-refractivity contribution in [3.8, 4) is 5.75 Å². The summed E-state index contributed by atoms with van der Waals surface area (Å²) in [4.78, 5) is 22.7. The van der Waals surface area contributed by atoms with Gasteiger partial charge in [0.2, 0.25) is 0 Å². The minimum absolute atomic E-state index is 0.0147. The maximum absolute atomic E-state index is 11.9. The Balaban J connectivity index is 1.68. The van der Waals surface area contributed by atoms with E-state index in [1.165, 1.54) is 6.92 Å². The summed E-state index contributed by atoms with van der Waals surface area (Å²) in [6, 6.07) is 7.69. The number of hydrogen-bond donors (Lipinski definition) is 1. The molecular formula is C35H59NO11. The first kappa shape index (κ1) is 40.7. The van der Waals surface area contributed by atoms with Crippen LogP contribution in [0.3, 0.4) is 0 Å². The van der Waals surface area contributed by atoms with E-state index in [9.17, 15) is 9.59 Å². The van der Waals surface area contributed by atoms with E-state index in [1.54, 1.807) is 7.11 Å². The van der Waals surface area contributed by atoms with Gasteiger partial charge in [-0.3, -0.25) is 4.79 Å². The first-order valence-corrected chi connectivity index (χ1v) is 16.2. The van der Waals surface area contributed by atoms with Crippen LogP contribution in [0, 0.1) is 16.2 Å². The Morgan fingerprint density at radius 3 is 2.04 bits per heavy atom. The predicted octanol–water partition coefficient (Wildman–Crippen LogP) is 5.32. The molecule has 47 heavy (non-hydrogen) atoms. The first-order chi connectivity index (χ1) is 21.9. The normalized spacial score (nSPS) is 17.4. The van der Waals surface area contributed by atoms with Crippen LogP contribution in [0.1, 0.15) is 74.2 Å². The number of esters is 1. The number of nitrogens with one attached hydrogen (secondary N) is 1. The molecule has 2 rings (SSSR count). The van der Waals surface area contributed by atoms with Crippen molar-refractivity contribution in [1.82, 2.24) is 5.32 Å². The van der Waals surface area contributed by atoms with Gasteiger partial charge in [-0.15, -0.1) is 0 Å². The Morgan fingerprint density at radius 1 is 0.809 bits per heavy atom. The fourth-order valence-corrected chi connectivity index (χ4v) is 4.39. The molecule has 0 saturated carbocycles. The highest BCUT2D eigenvalue weighted by Gasteiger charge is 2.30. The van der Waals surface area contributed by atoms with Crippen LogP contribution in [0.4, 0.5) is 4.79 Å². The van der Waals surface area contributed by atoms with E-state index in [-0.39, 0.29) is 42.1 Å². The van der Waals surface area contributed by atoms with Crippen LogP contribution in [0.2, 0.25) is 0 Å². The van der Waals surface area contributed by atoms with Gasteiger partial charge >= 0.3 is 12.1 Å². The van der Waals surface area contributed by atoms with Crippen molar-refractivity contribution in [3.05, 3.63) is 29.8 Å². The van der Waals surface area contributed by atoms with Gasteiger partial charge in [-0.05, 0) is 26.0 Å². The zero-order valence-electron chi connectivity index (χ0n) is 30.2. The Hall–Kier alpha value is -2.48. The lowest BCUT2D eigenvalue weighted by molar-refractivity contribution is -0.141. The lowest BCUT2D eigenvalue weighted by atomic mass is 9.94. The van der Waals surface area contributed by atoms with E-state index in [0.717, 1.165) is 11.3 Å². The Bertz CT molecular complexity index is 1070. The summed E-state index contributed by atoms with van der Waals surface area (Å²) in [7, 11) is 1.71. The highest BCUT2D eigenvalue weighted by molar-refractivity contribution is 5.67. The maximum atomic E-state index is 11.9. The van der Waals surface area contributed by atoms with Crippen molar-refractivity contribution in [3.63, 3.8) is 0 Å². The molecular weight excluding hydrogens is 610 g/mol. The van der Waals surface area contributed by atoms with E-state index in [2.05, 4.69) is 46.9 Å². The van der Waals surface area contributed by atoms with Gasteiger partial charge < -0.3 is 47.9 Å². The topological polar surface area (TPSA) is 129 Å². The highest BCUT2D eigenvalue weighted by Crippen LogP contribution is 2.30. The molecule has 1 aliphatic heterocycles. The number of methoxy groups -OCH3 is 1. The summed E-state index contributed by atoms with van der Waals surface area (Å²) >= 11 is 0. The number of hydrogen-bond acceptors (Lipinski definition) is 11. The Morgan fingerprint density at radius 2 is 1.40 bits per heavy atom. The third-order valence-corrected chi connectivity index (χ3v) is 6.98. The number of carbonyl (C=O) groups excluding carboxylic acids is 2. The average molecular weight is 670 g/mol. The third-order valence-electron chi connectivity index (χ3n) is 6.98. The molecule has 1 amide bonds. The summed E-state index contributed by atoms with van der Waals surface area (Å²) < 4.78 is 51.1. The van der Waals surface area contributed by atoms with Gasteiger partial charge in [0.15, 0.2) is 6.29 Å². The van der Waals surface area contributed by atoms with Crippen LogP contribution < -0.4 is 10.1 Å². The molecule has 0 aromatic heterocycles. The van der Waals surface area contributed by atoms with Gasteiger partial charge in [-0.2, -0.15) is 0 Å². The van der Waals surface area contributed by atoms with Crippen molar-refractivity contribution in [2.75, 3.05) is 79.7 Å². The van der Waals surface area contributed by atoms with Crippen LogP contribution in [0.25, 0.3) is 0 Å². The number of amides is 1. The molecule has 2 unspecified atom stereocenters. The fourth-order valence-electron chi connectivity index (χ4n) is 4.39. The number of rotatable bonds is 22. The average Bonchev–Trinajstić information content (AvgIpc) is 3.45. The number of alkyl carbamates (subject to hydrolysis) is 1. The number of carbonyl (C=O) groups is 2. The summed E-state index contributed by atoms with van der Waals surface area (Å²) in [6.07, 6.45) is -1.20. The van der Waals surface area contributed by atoms with Crippen molar-refractivity contribution >= 4 is 12.1 Å². The lowest BCUT2D eigenvalue weighted by Crippen LogP contribution is -2.43. The summed E-state index contributed by atoms with van der Waals surface area (Å²) in [5.41, 5.74) is -0.179. The quantitative estimate of drug-likeness (QED) is 0.127. The summed E-state index contributed by atoms with van der Waals surface area (Å²) in [5.74, 6) is 0.305. The number of ether oxygens (including phenoxy) is 9. The van der Waals surface area contributed by atoms with E-state index in [0.29, 0.717) is 52.9 Å². The highest BCUT2D eigenvalue weighted by atomic mass is 16.7. The maximum Gasteiger partial charge on any atom is 0.407 e. The van der Waals surface area contributed by atoms with Gasteiger partial charge in [0.25, 0.3) is 0 Å². The van der Waals surface area contributed by atoms with Gasteiger partial charge in [-0.25, -0.2) is 4.79 Å². The standard InChI is InChI=1S/C35H59NO11/c1-26(37)42-15-16-43-31(38)36-19-35(8,9)46-25-34(6,7)24-45-28-13-11-27(12-14-28)30-44-18-29(47-30)17-40-21-33(4,5)23-41-22-32(2,3)20-39-10/h11-14,29-30H,15-25H2,1-10H3,(H,36,38). The van der Waals surface area contributed by atoms with E-state index < -0.39 is 24.0 Å². The molecule has 12 nitrogen and oxygen atoms in total. The van der Waals surface area contributed by atoms with Gasteiger partial charge in [-0.1, -0.05) is 53.7 Å². The second-order valence-electron chi connectivity index (χ2n) is 15.1. The smallest absolute Gasteiger partial charge is 0.407 e. The molecule has 1 aromatic rings. The summed E-state index contributed by atoms with van der Waals surface area (Å²) in [5, 5.41) is 2.67. The molecule has 0 aliphatic carbocycles. The third kappa shape index (κ3) is 17.5. The lowest BCUT2D eigenvalue weighted by Gasteiger charge is -2.32. The van der Waals surface area contributed by atoms with Crippen molar-refractivity contribution in [2.24, 2.45) is 16.2 Å². The van der Waals surface area contributed by atoms with Crippen LogP contribution in [-0.2, 0) is 42.7 Å². The predicted molar refractivity (Wildman–Crippen MR) is 176 cm³/mol. The molecule has 1 fully saturated rings. The molecule has 2 atom stereocenters. The van der Waals surface area contributed by atoms with Gasteiger partial charge in [0.05, 0.1) is 58.5 Å². The van der Waals surface area contributed by atoms with Crippen LogP contribution in [0.15, 0.2) is 24.3 Å². The SMILES string of the molecule is COCC(C)(C)COCC(C)(C)COCC1COC(c2ccc(OCC(C)(C)COC(C)(C)CNC(=O)OCCOC(C)=O)cc2)O1. The van der Waals surface area contributed by atoms with E-state index >= 15 is 0 Å². The minimum Gasteiger partial charge on any atom is -0.493 e. The zero-order chi connectivity index (χ0) is 35.1. The Labute approximate surface area is 281 Å². The fraction of sp³-hybridized carbons (Fsp3) is 0.771. The molecule has 0 spiro atoms. The van der Waals surface area contributed by atoms with Crippen LogP contribution in [0.5, 0.6) is 5.75 Å². The second kappa shape index (κ2) is 18.9. The minimum atomic E-state index is -0.635. The van der Waals surface area contributed by atoms with Crippen LogP contribution in [-0.4, -0.2) is 103 Å². The molecule has 270 valence electrons. The van der Waals surface area contributed by atoms with Crippen molar-refractivity contribution in [1.29, 1.82) is 0 Å².